The molecular formula is C22H16FNO2. The number of nitrogens with zero attached hydrogens (tertiary/aromatic N) is 1. The fourth-order valence-electron chi connectivity index (χ4n) is 3.34. The minimum Gasteiger partial charge on any atom is -0.503 e. The van der Waals surface area contributed by atoms with E-state index in [2.05, 4.69) is 0 Å². The SMILES string of the molecule is O=C1C(O)=C(c2ccccc2)[C@@H](c2ccccc2)N1c1ccc(F)cc1. The molecule has 1 amide bonds. The highest BCUT2D eigenvalue weighted by atomic mass is 19.1. The van der Waals surface area contributed by atoms with Gasteiger partial charge in [-0.3, -0.25) is 9.69 Å². The average Bonchev–Trinajstić information content (AvgIpc) is 2.95. The van der Waals surface area contributed by atoms with Gasteiger partial charge in [0.2, 0.25) is 0 Å². The van der Waals surface area contributed by atoms with E-state index in [0.717, 1.165) is 11.1 Å². The maximum absolute atomic E-state index is 13.3. The Balaban J connectivity index is 1.90. The second kappa shape index (κ2) is 6.48. The highest BCUT2D eigenvalue weighted by Gasteiger charge is 2.41. The van der Waals surface area contributed by atoms with Crippen molar-refractivity contribution in [3.8, 4) is 0 Å². The van der Waals surface area contributed by atoms with Crippen LogP contribution in [0.4, 0.5) is 10.1 Å². The maximum Gasteiger partial charge on any atom is 0.294 e. The Morgan fingerprint density at radius 3 is 2.00 bits per heavy atom. The van der Waals surface area contributed by atoms with Crippen LogP contribution in [0.3, 0.4) is 0 Å². The summed E-state index contributed by atoms with van der Waals surface area (Å²) in [5, 5.41) is 10.6. The number of hydrogen-bond donors (Lipinski definition) is 1. The van der Waals surface area contributed by atoms with E-state index in [9.17, 15) is 14.3 Å². The monoisotopic (exact) mass is 345 g/mol. The molecule has 0 fully saturated rings. The van der Waals surface area contributed by atoms with Crippen molar-refractivity contribution in [1.82, 2.24) is 0 Å². The molecule has 3 aromatic carbocycles. The summed E-state index contributed by atoms with van der Waals surface area (Å²) in [6.45, 7) is 0. The quantitative estimate of drug-likeness (QED) is 0.735. The van der Waals surface area contributed by atoms with E-state index >= 15 is 0 Å². The molecule has 1 aliphatic heterocycles. The van der Waals surface area contributed by atoms with Gasteiger partial charge in [0, 0.05) is 11.3 Å². The highest BCUT2D eigenvalue weighted by Crippen LogP contribution is 2.45. The first-order valence-electron chi connectivity index (χ1n) is 8.29. The number of anilines is 1. The van der Waals surface area contributed by atoms with E-state index in [1.807, 2.05) is 60.7 Å². The molecule has 26 heavy (non-hydrogen) atoms. The third-order valence-corrected chi connectivity index (χ3v) is 4.51. The largest absolute Gasteiger partial charge is 0.503 e. The first kappa shape index (κ1) is 16.1. The van der Waals surface area contributed by atoms with Crippen LogP contribution in [0.15, 0.2) is 90.7 Å². The number of aliphatic hydroxyl groups excluding tert-OH is 1. The van der Waals surface area contributed by atoms with Crippen molar-refractivity contribution >= 4 is 17.2 Å². The number of hydrogen-bond acceptors (Lipinski definition) is 2. The predicted molar refractivity (Wildman–Crippen MR) is 99.1 cm³/mol. The average molecular weight is 345 g/mol. The number of benzene rings is 3. The molecule has 1 atom stereocenters. The van der Waals surface area contributed by atoms with Gasteiger partial charge in [0.25, 0.3) is 5.91 Å². The van der Waals surface area contributed by atoms with E-state index < -0.39 is 11.9 Å². The Kier molecular flexibility index (Phi) is 4.01. The summed E-state index contributed by atoms with van der Waals surface area (Å²) in [5.41, 5.74) is 2.72. The number of carbonyl (C=O) groups is 1. The van der Waals surface area contributed by atoms with Gasteiger partial charge < -0.3 is 5.11 Å². The second-order valence-corrected chi connectivity index (χ2v) is 6.09. The summed E-state index contributed by atoms with van der Waals surface area (Å²) in [5.74, 6) is -1.16. The fraction of sp³-hybridized carbons (Fsp3) is 0.0455. The van der Waals surface area contributed by atoms with Crippen LogP contribution in [-0.4, -0.2) is 11.0 Å². The molecule has 0 aliphatic carbocycles. The Labute approximate surface area is 150 Å². The number of carbonyl (C=O) groups excluding carboxylic acids is 1. The summed E-state index contributed by atoms with van der Waals surface area (Å²) in [6.07, 6.45) is 0. The van der Waals surface area contributed by atoms with Gasteiger partial charge in [0.05, 0.1) is 6.04 Å². The number of amides is 1. The molecule has 0 bridgehead atoms. The molecule has 3 nitrogen and oxygen atoms in total. The molecule has 0 unspecified atom stereocenters. The molecule has 0 radical (unpaired) electrons. The third kappa shape index (κ3) is 2.65. The van der Waals surface area contributed by atoms with Crippen LogP contribution in [0.2, 0.25) is 0 Å². The molecule has 0 spiro atoms. The van der Waals surface area contributed by atoms with Gasteiger partial charge in [-0.25, -0.2) is 4.39 Å². The van der Waals surface area contributed by atoms with Gasteiger partial charge in [-0.15, -0.1) is 0 Å². The standard InChI is InChI=1S/C22H16FNO2/c23-17-11-13-18(14-12-17)24-20(16-9-5-2-6-10-16)19(21(25)22(24)26)15-7-3-1-4-8-15/h1-14,20,25H/t20-/m1/s1. The van der Waals surface area contributed by atoms with Gasteiger partial charge in [-0.2, -0.15) is 0 Å². The van der Waals surface area contributed by atoms with Gasteiger partial charge in [0.1, 0.15) is 5.82 Å². The second-order valence-electron chi connectivity index (χ2n) is 6.09. The van der Waals surface area contributed by atoms with Crippen LogP contribution in [0.25, 0.3) is 5.57 Å². The maximum atomic E-state index is 13.3. The summed E-state index contributed by atoms with van der Waals surface area (Å²) < 4.78 is 13.3. The van der Waals surface area contributed by atoms with Crippen molar-refractivity contribution in [2.75, 3.05) is 4.90 Å². The van der Waals surface area contributed by atoms with Crippen LogP contribution >= 0.6 is 0 Å². The van der Waals surface area contributed by atoms with E-state index in [1.165, 1.54) is 17.0 Å². The van der Waals surface area contributed by atoms with Gasteiger partial charge in [0.15, 0.2) is 5.76 Å². The van der Waals surface area contributed by atoms with Gasteiger partial charge >= 0.3 is 0 Å². The van der Waals surface area contributed by atoms with Crippen molar-refractivity contribution < 1.29 is 14.3 Å². The summed E-state index contributed by atoms with van der Waals surface area (Å²) in [4.78, 5) is 14.4. The molecule has 1 aliphatic rings. The van der Waals surface area contributed by atoms with Crippen LogP contribution in [0, 0.1) is 5.82 Å². The molecule has 4 heteroatoms. The number of halogens is 1. The van der Waals surface area contributed by atoms with Crippen molar-refractivity contribution in [1.29, 1.82) is 0 Å². The van der Waals surface area contributed by atoms with Crippen LogP contribution in [0.5, 0.6) is 0 Å². The van der Waals surface area contributed by atoms with Crippen LogP contribution < -0.4 is 4.90 Å². The van der Waals surface area contributed by atoms with E-state index in [0.29, 0.717) is 11.3 Å². The van der Waals surface area contributed by atoms with E-state index in [-0.39, 0.29) is 11.6 Å². The lowest BCUT2D eigenvalue weighted by Gasteiger charge is -2.27. The molecule has 4 rings (SSSR count). The summed E-state index contributed by atoms with van der Waals surface area (Å²) in [7, 11) is 0. The lowest BCUT2D eigenvalue weighted by Crippen LogP contribution is -2.30. The van der Waals surface area contributed by atoms with Crippen LogP contribution in [0.1, 0.15) is 17.2 Å². The molecule has 0 saturated heterocycles. The first-order chi connectivity index (χ1) is 12.7. The third-order valence-electron chi connectivity index (χ3n) is 4.51. The summed E-state index contributed by atoms with van der Waals surface area (Å²) in [6, 6.07) is 24.1. The molecule has 0 aromatic heterocycles. The van der Waals surface area contributed by atoms with Crippen molar-refractivity contribution in [3.05, 3.63) is 108 Å². The lowest BCUT2D eigenvalue weighted by atomic mass is 9.93. The minimum atomic E-state index is -0.496. The predicted octanol–water partition coefficient (Wildman–Crippen LogP) is 4.88. The summed E-state index contributed by atoms with van der Waals surface area (Å²) >= 11 is 0. The fourth-order valence-corrected chi connectivity index (χ4v) is 3.34. The molecule has 1 N–H and O–H groups in total. The highest BCUT2D eigenvalue weighted by molar-refractivity contribution is 6.15. The number of rotatable bonds is 3. The molecule has 1 heterocycles. The Hall–Kier alpha value is -3.40. The molecule has 128 valence electrons. The minimum absolute atomic E-state index is 0.283. The van der Waals surface area contributed by atoms with E-state index in [4.69, 9.17) is 0 Å². The molecular weight excluding hydrogens is 329 g/mol. The van der Waals surface area contributed by atoms with Crippen molar-refractivity contribution in [3.63, 3.8) is 0 Å². The van der Waals surface area contributed by atoms with Gasteiger partial charge in [-0.1, -0.05) is 60.7 Å². The van der Waals surface area contributed by atoms with Crippen molar-refractivity contribution in [2.45, 2.75) is 6.04 Å². The topological polar surface area (TPSA) is 40.5 Å². The Morgan fingerprint density at radius 1 is 0.808 bits per heavy atom. The zero-order valence-electron chi connectivity index (χ0n) is 13.8. The smallest absolute Gasteiger partial charge is 0.294 e. The zero-order valence-corrected chi connectivity index (χ0v) is 13.8. The normalized spacial score (nSPS) is 17.0. The van der Waals surface area contributed by atoms with Crippen LogP contribution in [-0.2, 0) is 4.79 Å². The van der Waals surface area contributed by atoms with Gasteiger partial charge in [-0.05, 0) is 35.4 Å². The molecule has 0 saturated carbocycles. The zero-order chi connectivity index (χ0) is 18.1. The first-order valence-corrected chi connectivity index (χ1v) is 8.29. The Morgan fingerprint density at radius 2 is 1.38 bits per heavy atom. The number of aliphatic hydroxyl groups is 1. The van der Waals surface area contributed by atoms with Crippen molar-refractivity contribution in [2.24, 2.45) is 0 Å². The Bertz CT molecular complexity index is 966. The lowest BCUT2D eigenvalue weighted by molar-refractivity contribution is -0.117. The van der Waals surface area contributed by atoms with E-state index in [1.54, 1.807) is 12.1 Å². The molecule has 3 aromatic rings.